The largest absolute Gasteiger partial charge is 0.330 e. The van der Waals surface area contributed by atoms with Crippen molar-refractivity contribution in [1.82, 2.24) is 14.5 Å². The Bertz CT molecular complexity index is 540. The molecule has 3 rings (SSSR count). The molecule has 1 aliphatic rings. The lowest BCUT2D eigenvalue weighted by Gasteiger charge is -2.15. The monoisotopic (exact) mass is 258 g/mol. The highest BCUT2D eigenvalue weighted by Gasteiger charge is 2.16. The van der Waals surface area contributed by atoms with Crippen molar-refractivity contribution in [2.45, 2.75) is 32.4 Å². The third kappa shape index (κ3) is 2.65. The molecular formula is C15H22N4. The second-order valence-electron chi connectivity index (χ2n) is 5.29. The van der Waals surface area contributed by atoms with Crippen molar-refractivity contribution < 1.29 is 0 Å². The van der Waals surface area contributed by atoms with Crippen LogP contribution in [-0.2, 0) is 13.1 Å². The topological polar surface area (TPSA) is 47.1 Å². The number of fused-ring (bicyclic) bond motifs is 1. The van der Waals surface area contributed by atoms with E-state index in [2.05, 4.69) is 33.7 Å². The summed E-state index contributed by atoms with van der Waals surface area (Å²) < 4.78 is 2.35. The van der Waals surface area contributed by atoms with Gasteiger partial charge in [-0.15, -0.1) is 0 Å². The number of nitrogens with two attached hydrogens (primary N) is 1. The third-order valence-corrected chi connectivity index (χ3v) is 3.88. The maximum atomic E-state index is 5.66. The fourth-order valence-electron chi connectivity index (χ4n) is 2.89. The third-order valence-electron chi connectivity index (χ3n) is 3.88. The SMILES string of the molecule is NCCCn1c(CN2CCCC2)nc2ccccc21. The van der Waals surface area contributed by atoms with Crippen molar-refractivity contribution in [2.24, 2.45) is 5.73 Å². The molecule has 4 heteroatoms. The highest BCUT2D eigenvalue weighted by atomic mass is 15.2. The predicted molar refractivity (Wildman–Crippen MR) is 77.9 cm³/mol. The van der Waals surface area contributed by atoms with Crippen molar-refractivity contribution >= 4 is 11.0 Å². The van der Waals surface area contributed by atoms with Crippen LogP contribution in [0.1, 0.15) is 25.1 Å². The minimum absolute atomic E-state index is 0.732. The van der Waals surface area contributed by atoms with Gasteiger partial charge in [0, 0.05) is 6.54 Å². The fraction of sp³-hybridized carbons (Fsp3) is 0.533. The van der Waals surface area contributed by atoms with Crippen LogP contribution in [0.25, 0.3) is 11.0 Å². The Morgan fingerprint density at radius 3 is 2.74 bits per heavy atom. The molecule has 2 N–H and O–H groups in total. The molecule has 1 aliphatic heterocycles. The van der Waals surface area contributed by atoms with Crippen molar-refractivity contribution in [2.75, 3.05) is 19.6 Å². The molecule has 1 fully saturated rings. The lowest BCUT2D eigenvalue weighted by Crippen LogP contribution is -2.21. The van der Waals surface area contributed by atoms with Crippen LogP contribution in [0.2, 0.25) is 0 Å². The zero-order valence-corrected chi connectivity index (χ0v) is 11.4. The van der Waals surface area contributed by atoms with Gasteiger partial charge >= 0.3 is 0 Å². The summed E-state index contributed by atoms with van der Waals surface area (Å²) in [5, 5.41) is 0. The zero-order chi connectivity index (χ0) is 13.1. The normalized spacial score (nSPS) is 16.5. The molecule has 102 valence electrons. The number of likely N-dealkylation sites (tertiary alicyclic amines) is 1. The number of para-hydroxylation sites is 2. The summed E-state index contributed by atoms with van der Waals surface area (Å²) >= 11 is 0. The van der Waals surface area contributed by atoms with Crippen LogP contribution in [0, 0.1) is 0 Å². The van der Waals surface area contributed by atoms with E-state index in [1.54, 1.807) is 0 Å². The number of benzene rings is 1. The molecule has 0 aliphatic carbocycles. The predicted octanol–water partition coefficient (Wildman–Crippen LogP) is 1.98. The molecule has 4 nitrogen and oxygen atoms in total. The van der Waals surface area contributed by atoms with Crippen LogP contribution in [0.3, 0.4) is 0 Å². The maximum Gasteiger partial charge on any atom is 0.124 e. The van der Waals surface area contributed by atoms with Crippen molar-refractivity contribution in [3.05, 3.63) is 30.1 Å². The van der Waals surface area contributed by atoms with Crippen LogP contribution < -0.4 is 5.73 Å². The number of nitrogens with zero attached hydrogens (tertiary/aromatic N) is 3. The van der Waals surface area contributed by atoms with E-state index in [4.69, 9.17) is 10.7 Å². The first kappa shape index (κ1) is 12.6. The average molecular weight is 258 g/mol. The van der Waals surface area contributed by atoms with E-state index in [1.807, 2.05) is 0 Å². The summed E-state index contributed by atoms with van der Waals surface area (Å²) in [6, 6.07) is 8.40. The Morgan fingerprint density at radius 1 is 1.16 bits per heavy atom. The molecule has 19 heavy (non-hydrogen) atoms. The van der Waals surface area contributed by atoms with E-state index < -0.39 is 0 Å². The van der Waals surface area contributed by atoms with Crippen LogP contribution in [0.15, 0.2) is 24.3 Å². The molecule has 0 bridgehead atoms. The van der Waals surface area contributed by atoms with Gasteiger partial charge in [-0.05, 0) is 51.0 Å². The van der Waals surface area contributed by atoms with Gasteiger partial charge in [-0.25, -0.2) is 4.98 Å². The maximum absolute atomic E-state index is 5.66. The Balaban J connectivity index is 1.91. The number of hydrogen-bond donors (Lipinski definition) is 1. The van der Waals surface area contributed by atoms with Gasteiger partial charge in [-0.2, -0.15) is 0 Å². The van der Waals surface area contributed by atoms with E-state index in [0.717, 1.165) is 31.6 Å². The fourth-order valence-corrected chi connectivity index (χ4v) is 2.89. The van der Waals surface area contributed by atoms with E-state index >= 15 is 0 Å². The number of rotatable bonds is 5. The van der Waals surface area contributed by atoms with Gasteiger partial charge in [0.05, 0.1) is 17.6 Å². The van der Waals surface area contributed by atoms with E-state index in [1.165, 1.54) is 37.3 Å². The Hall–Kier alpha value is -1.39. The smallest absolute Gasteiger partial charge is 0.124 e. The Labute approximate surface area is 114 Å². The van der Waals surface area contributed by atoms with Crippen LogP contribution >= 0.6 is 0 Å². The summed E-state index contributed by atoms with van der Waals surface area (Å²) in [5.74, 6) is 1.19. The van der Waals surface area contributed by atoms with Crippen molar-refractivity contribution in [3.63, 3.8) is 0 Å². The quantitative estimate of drug-likeness (QED) is 0.892. The minimum Gasteiger partial charge on any atom is -0.330 e. The molecule has 0 amide bonds. The molecule has 2 aromatic rings. The molecule has 1 saturated heterocycles. The molecular weight excluding hydrogens is 236 g/mol. The first-order chi connectivity index (χ1) is 9.38. The number of imidazole rings is 1. The molecule has 0 atom stereocenters. The van der Waals surface area contributed by atoms with Crippen LogP contribution in [0.5, 0.6) is 0 Å². The van der Waals surface area contributed by atoms with Gasteiger partial charge in [-0.3, -0.25) is 4.90 Å². The molecule has 0 unspecified atom stereocenters. The van der Waals surface area contributed by atoms with Gasteiger partial charge in [-0.1, -0.05) is 12.1 Å². The van der Waals surface area contributed by atoms with Gasteiger partial charge in [0.25, 0.3) is 0 Å². The first-order valence-electron chi connectivity index (χ1n) is 7.25. The summed E-state index contributed by atoms with van der Waals surface area (Å²) in [6.45, 7) is 5.09. The summed E-state index contributed by atoms with van der Waals surface area (Å²) in [4.78, 5) is 7.31. The number of aryl methyl sites for hydroxylation is 1. The van der Waals surface area contributed by atoms with E-state index in [9.17, 15) is 0 Å². The summed E-state index contributed by atoms with van der Waals surface area (Å²) in [5.41, 5.74) is 8.00. The molecule has 2 heterocycles. The molecule has 1 aromatic heterocycles. The van der Waals surface area contributed by atoms with E-state index in [-0.39, 0.29) is 0 Å². The Kier molecular flexibility index (Phi) is 3.80. The lowest BCUT2D eigenvalue weighted by molar-refractivity contribution is 0.316. The lowest BCUT2D eigenvalue weighted by atomic mass is 10.3. The van der Waals surface area contributed by atoms with Crippen molar-refractivity contribution in [1.29, 1.82) is 0 Å². The van der Waals surface area contributed by atoms with Crippen molar-refractivity contribution in [3.8, 4) is 0 Å². The molecule has 1 aromatic carbocycles. The molecule has 0 spiro atoms. The van der Waals surface area contributed by atoms with Gasteiger partial charge in [0.15, 0.2) is 0 Å². The highest BCUT2D eigenvalue weighted by molar-refractivity contribution is 5.75. The standard InChI is InChI=1S/C15H22N4/c16-8-5-11-19-14-7-2-1-6-13(14)17-15(19)12-18-9-3-4-10-18/h1-2,6-7H,3-5,8-12,16H2. The summed E-state index contributed by atoms with van der Waals surface area (Å²) in [7, 11) is 0. The second-order valence-corrected chi connectivity index (χ2v) is 5.29. The van der Waals surface area contributed by atoms with Gasteiger partial charge in [0.2, 0.25) is 0 Å². The molecule has 0 radical (unpaired) electrons. The van der Waals surface area contributed by atoms with Crippen LogP contribution in [-0.4, -0.2) is 34.1 Å². The number of hydrogen-bond acceptors (Lipinski definition) is 3. The average Bonchev–Trinajstić information content (AvgIpc) is 3.04. The van der Waals surface area contributed by atoms with Gasteiger partial charge < -0.3 is 10.3 Å². The highest BCUT2D eigenvalue weighted by Crippen LogP contribution is 2.19. The molecule has 0 saturated carbocycles. The summed E-state index contributed by atoms with van der Waals surface area (Å²) in [6.07, 6.45) is 3.65. The van der Waals surface area contributed by atoms with Gasteiger partial charge in [0.1, 0.15) is 5.82 Å². The first-order valence-corrected chi connectivity index (χ1v) is 7.25. The number of aromatic nitrogens is 2. The van der Waals surface area contributed by atoms with Crippen LogP contribution in [0.4, 0.5) is 0 Å². The second kappa shape index (κ2) is 5.72. The minimum atomic E-state index is 0.732. The Morgan fingerprint density at radius 2 is 1.95 bits per heavy atom. The van der Waals surface area contributed by atoms with E-state index in [0.29, 0.717) is 0 Å². The zero-order valence-electron chi connectivity index (χ0n) is 11.4.